The summed E-state index contributed by atoms with van der Waals surface area (Å²) < 4.78 is 2.00. The molecule has 7 heteroatoms. The molecule has 2 aliphatic rings. The van der Waals surface area contributed by atoms with Crippen molar-refractivity contribution in [1.82, 2.24) is 24.3 Å². The van der Waals surface area contributed by atoms with Crippen molar-refractivity contribution in [3.05, 3.63) is 24.2 Å². The third kappa shape index (κ3) is 3.71. The molecule has 2 saturated heterocycles. The fraction of sp³-hybridized carbons (Fsp3) is 0.650. The highest BCUT2D eigenvalue weighted by Crippen LogP contribution is 2.26. The van der Waals surface area contributed by atoms with Gasteiger partial charge in [-0.3, -0.25) is 4.79 Å². The third-order valence-corrected chi connectivity index (χ3v) is 5.91. The van der Waals surface area contributed by atoms with Gasteiger partial charge in [0.05, 0.1) is 17.5 Å². The maximum absolute atomic E-state index is 12.9. The largest absolute Gasteiger partial charge is 0.388 e. The number of carbonyl (C=O) groups is 1. The summed E-state index contributed by atoms with van der Waals surface area (Å²) in [5.74, 6) is -0.0216. The molecule has 146 valence electrons. The molecule has 1 amide bonds. The second-order valence-corrected chi connectivity index (χ2v) is 8.31. The molecular weight excluding hydrogens is 342 g/mol. The highest BCUT2D eigenvalue weighted by Gasteiger charge is 2.36. The molecule has 4 heterocycles. The van der Waals surface area contributed by atoms with E-state index in [4.69, 9.17) is 0 Å². The van der Waals surface area contributed by atoms with Crippen LogP contribution in [0.4, 0.5) is 0 Å². The van der Waals surface area contributed by atoms with E-state index in [1.54, 1.807) is 12.5 Å². The van der Waals surface area contributed by atoms with Gasteiger partial charge in [0.25, 0.3) is 5.91 Å². The predicted octanol–water partition coefficient (Wildman–Crippen LogP) is 2.08. The lowest BCUT2D eigenvalue weighted by Gasteiger charge is -2.40. The first-order valence-corrected chi connectivity index (χ1v) is 10.0. The van der Waals surface area contributed by atoms with Crippen molar-refractivity contribution >= 4 is 17.1 Å². The zero-order valence-corrected chi connectivity index (χ0v) is 16.3. The van der Waals surface area contributed by atoms with Crippen LogP contribution in [0.25, 0.3) is 11.2 Å². The van der Waals surface area contributed by atoms with Crippen molar-refractivity contribution in [3.63, 3.8) is 0 Å². The summed E-state index contributed by atoms with van der Waals surface area (Å²) in [6.07, 6.45) is 7.14. The van der Waals surface area contributed by atoms with E-state index in [1.165, 1.54) is 12.8 Å². The quantitative estimate of drug-likeness (QED) is 0.891. The van der Waals surface area contributed by atoms with Gasteiger partial charge in [0.1, 0.15) is 5.52 Å². The number of carbonyl (C=O) groups excluding carboxylic acids is 1. The van der Waals surface area contributed by atoms with Gasteiger partial charge in [0.15, 0.2) is 5.65 Å². The Bertz CT molecular complexity index is 817. The smallest absolute Gasteiger partial charge is 0.255 e. The van der Waals surface area contributed by atoms with E-state index in [1.807, 2.05) is 15.5 Å². The second-order valence-electron chi connectivity index (χ2n) is 8.31. The maximum Gasteiger partial charge on any atom is 0.255 e. The van der Waals surface area contributed by atoms with Gasteiger partial charge in [-0.05, 0) is 58.7 Å². The molecule has 0 atom stereocenters. The molecule has 0 bridgehead atoms. The number of hydrogen-bond acceptors (Lipinski definition) is 5. The van der Waals surface area contributed by atoms with Crippen LogP contribution in [0.1, 0.15) is 55.9 Å². The first kappa shape index (κ1) is 18.4. The monoisotopic (exact) mass is 371 g/mol. The van der Waals surface area contributed by atoms with E-state index in [0.717, 1.165) is 30.8 Å². The van der Waals surface area contributed by atoms with Crippen LogP contribution in [0.5, 0.6) is 0 Å². The molecule has 0 unspecified atom stereocenters. The highest BCUT2D eigenvalue weighted by atomic mass is 16.3. The number of amides is 1. The van der Waals surface area contributed by atoms with E-state index in [2.05, 4.69) is 28.7 Å². The lowest BCUT2D eigenvalue weighted by molar-refractivity contribution is -0.0367. The van der Waals surface area contributed by atoms with Gasteiger partial charge >= 0.3 is 0 Å². The normalized spacial score (nSPS) is 20.7. The molecule has 0 spiro atoms. The van der Waals surface area contributed by atoms with Gasteiger partial charge in [-0.1, -0.05) is 0 Å². The Morgan fingerprint density at radius 2 is 1.89 bits per heavy atom. The molecule has 2 aromatic heterocycles. The summed E-state index contributed by atoms with van der Waals surface area (Å²) in [5, 5.41) is 10.9. The van der Waals surface area contributed by atoms with Crippen LogP contribution in [0.15, 0.2) is 18.6 Å². The minimum atomic E-state index is -0.667. The van der Waals surface area contributed by atoms with Crippen molar-refractivity contribution in [2.24, 2.45) is 0 Å². The van der Waals surface area contributed by atoms with Crippen molar-refractivity contribution in [2.75, 3.05) is 32.7 Å². The molecule has 0 aliphatic carbocycles. The van der Waals surface area contributed by atoms with E-state index in [0.29, 0.717) is 31.5 Å². The summed E-state index contributed by atoms with van der Waals surface area (Å²) in [5.41, 5.74) is 1.46. The van der Waals surface area contributed by atoms with Crippen molar-refractivity contribution in [2.45, 2.75) is 51.2 Å². The molecule has 0 saturated carbocycles. The van der Waals surface area contributed by atoms with Crippen LogP contribution in [0.3, 0.4) is 0 Å². The number of nitrogens with zero attached hydrogens (tertiary/aromatic N) is 5. The number of rotatable bonds is 4. The fourth-order valence-corrected chi connectivity index (χ4v) is 4.24. The van der Waals surface area contributed by atoms with Crippen molar-refractivity contribution in [1.29, 1.82) is 0 Å². The van der Waals surface area contributed by atoms with Crippen molar-refractivity contribution < 1.29 is 9.90 Å². The lowest BCUT2D eigenvalue weighted by Crippen LogP contribution is -2.51. The van der Waals surface area contributed by atoms with Crippen LogP contribution in [-0.2, 0) is 0 Å². The molecule has 4 rings (SSSR count). The Morgan fingerprint density at radius 1 is 1.19 bits per heavy atom. The van der Waals surface area contributed by atoms with E-state index >= 15 is 0 Å². The second kappa shape index (κ2) is 7.20. The van der Waals surface area contributed by atoms with Crippen LogP contribution in [-0.4, -0.2) is 73.7 Å². The average Bonchev–Trinajstić information content (AvgIpc) is 3.30. The van der Waals surface area contributed by atoms with Crippen molar-refractivity contribution in [3.8, 4) is 0 Å². The standard InChI is InChI=1S/C20H29N5O2/c1-15(2)25-14-22-17-11-16(12-21-18(17)25)19(26)24-9-5-20(27,6-10-24)13-23-7-3-4-8-23/h11-12,14-15,27H,3-10,13H2,1-2H3. The van der Waals surface area contributed by atoms with Crippen LogP contribution in [0.2, 0.25) is 0 Å². The molecular formula is C20H29N5O2. The number of likely N-dealkylation sites (tertiary alicyclic amines) is 2. The lowest BCUT2D eigenvalue weighted by atomic mass is 9.90. The topological polar surface area (TPSA) is 74.5 Å². The molecule has 2 aromatic rings. The molecule has 7 nitrogen and oxygen atoms in total. The van der Waals surface area contributed by atoms with E-state index in [-0.39, 0.29) is 11.9 Å². The molecule has 2 fully saturated rings. The number of β-amino-alcohol motifs (C(OH)–C–C–N with tert-alkyl or cyclic N) is 1. The Kier molecular flexibility index (Phi) is 4.90. The van der Waals surface area contributed by atoms with Gasteiger partial charge < -0.3 is 19.5 Å². The molecule has 2 aliphatic heterocycles. The van der Waals surface area contributed by atoms with Gasteiger partial charge in [-0.2, -0.15) is 0 Å². The molecule has 1 N–H and O–H groups in total. The van der Waals surface area contributed by atoms with Gasteiger partial charge in [-0.15, -0.1) is 0 Å². The third-order valence-electron chi connectivity index (χ3n) is 5.91. The van der Waals surface area contributed by atoms with Gasteiger partial charge in [0.2, 0.25) is 0 Å². The molecule has 27 heavy (non-hydrogen) atoms. The highest BCUT2D eigenvalue weighted by molar-refractivity contribution is 5.96. The predicted molar refractivity (Wildman–Crippen MR) is 104 cm³/mol. The van der Waals surface area contributed by atoms with Gasteiger partial charge in [0, 0.05) is 31.9 Å². The Hall–Kier alpha value is -1.99. The first-order valence-electron chi connectivity index (χ1n) is 10.0. The maximum atomic E-state index is 12.9. The zero-order valence-electron chi connectivity index (χ0n) is 16.3. The number of fused-ring (bicyclic) bond motifs is 1. The number of imidazole rings is 1. The minimum absolute atomic E-state index is 0.0216. The number of aromatic nitrogens is 3. The SMILES string of the molecule is CC(C)n1cnc2cc(C(=O)N3CCC(O)(CN4CCCC4)CC3)cnc21. The minimum Gasteiger partial charge on any atom is -0.388 e. The Balaban J connectivity index is 1.42. The number of hydrogen-bond donors (Lipinski definition) is 1. The summed E-state index contributed by atoms with van der Waals surface area (Å²) in [7, 11) is 0. The van der Waals surface area contributed by atoms with Crippen LogP contribution >= 0.6 is 0 Å². The Labute approximate surface area is 160 Å². The average molecular weight is 371 g/mol. The summed E-state index contributed by atoms with van der Waals surface area (Å²) in [4.78, 5) is 25.9. The first-order chi connectivity index (χ1) is 13.0. The number of aliphatic hydroxyl groups is 1. The Morgan fingerprint density at radius 3 is 2.56 bits per heavy atom. The summed E-state index contributed by atoms with van der Waals surface area (Å²) in [6.45, 7) is 8.23. The fourth-order valence-electron chi connectivity index (χ4n) is 4.24. The van der Waals surface area contributed by atoms with Gasteiger partial charge in [-0.25, -0.2) is 9.97 Å². The summed E-state index contributed by atoms with van der Waals surface area (Å²) >= 11 is 0. The molecule has 0 radical (unpaired) electrons. The van der Waals surface area contributed by atoms with E-state index < -0.39 is 5.60 Å². The zero-order chi connectivity index (χ0) is 19.0. The van der Waals surface area contributed by atoms with Crippen LogP contribution < -0.4 is 0 Å². The van der Waals surface area contributed by atoms with E-state index in [9.17, 15) is 9.90 Å². The van der Waals surface area contributed by atoms with Crippen LogP contribution in [0, 0.1) is 0 Å². The molecule has 0 aromatic carbocycles. The number of pyridine rings is 1. The summed E-state index contributed by atoms with van der Waals surface area (Å²) in [6, 6.07) is 2.11. The number of piperidine rings is 1.